The molecule has 1 heterocycles. The standard InChI is InChI=1S/C35H45FN2O5S/c1-7-29-23-38(44(40,41)34-14-10-9-13-33(34)43-29)22-28-19-26(16-15-24(28)3)31(21-35(39)42-8-2)30-20-27(12-11-17-37(5)6)32(36)18-25(30)4/h9-10,13-16,18-20,29,31H,7-8,11-12,17,21-23H2,1-6H3/t29-,31?/m1/s1. The summed E-state index contributed by atoms with van der Waals surface area (Å²) in [5, 5.41) is 0. The van der Waals surface area contributed by atoms with Crippen molar-refractivity contribution in [2.45, 2.75) is 76.8 Å². The van der Waals surface area contributed by atoms with Crippen molar-refractivity contribution in [2.75, 3.05) is 33.8 Å². The summed E-state index contributed by atoms with van der Waals surface area (Å²) in [7, 11) is 0.153. The number of ether oxygens (including phenoxy) is 2. The Morgan fingerprint density at radius 1 is 1.07 bits per heavy atom. The molecule has 0 aliphatic carbocycles. The average Bonchev–Trinajstić information content (AvgIpc) is 3.08. The largest absolute Gasteiger partial charge is 0.488 e. The van der Waals surface area contributed by atoms with Crippen LogP contribution in [0.1, 0.15) is 72.4 Å². The van der Waals surface area contributed by atoms with Gasteiger partial charge in [-0.1, -0.05) is 43.3 Å². The minimum atomic E-state index is -3.83. The quantitative estimate of drug-likeness (QED) is 0.218. The second-order valence-electron chi connectivity index (χ2n) is 11.8. The third-order valence-corrected chi connectivity index (χ3v) is 10.1. The lowest BCUT2D eigenvalue weighted by atomic mass is 9.83. The molecular formula is C35H45FN2O5S. The van der Waals surface area contributed by atoms with E-state index in [0.717, 1.165) is 40.8 Å². The van der Waals surface area contributed by atoms with E-state index in [1.54, 1.807) is 37.3 Å². The predicted molar refractivity (Wildman–Crippen MR) is 171 cm³/mol. The van der Waals surface area contributed by atoms with Crippen LogP contribution in [0.15, 0.2) is 59.5 Å². The first-order valence-corrected chi connectivity index (χ1v) is 16.8. The van der Waals surface area contributed by atoms with Gasteiger partial charge in [0.25, 0.3) is 0 Å². The van der Waals surface area contributed by atoms with Crippen LogP contribution in [0.4, 0.5) is 4.39 Å². The molecule has 3 aromatic carbocycles. The van der Waals surface area contributed by atoms with Crippen molar-refractivity contribution in [3.05, 3.63) is 93.8 Å². The monoisotopic (exact) mass is 624 g/mol. The second-order valence-corrected chi connectivity index (χ2v) is 13.8. The van der Waals surface area contributed by atoms with Crippen LogP contribution >= 0.6 is 0 Å². The Morgan fingerprint density at radius 3 is 2.52 bits per heavy atom. The fourth-order valence-corrected chi connectivity index (χ4v) is 7.33. The maximum Gasteiger partial charge on any atom is 0.306 e. The zero-order valence-electron chi connectivity index (χ0n) is 26.7. The van der Waals surface area contributed by atoms with Gasteiger partial charge in [0.1, 0.15) is 22.6 Å². The van der Waals surface area contributed by atoms with E-state index in [4.69, 9.17) is 9.47 Å². The molecule has 0 spiro atoms. The van der Waals surface area contributed by atoms with Crippen LogP contribution in [0.5, 0.6) is 5.75 Å². The summed E-state index contributed by atoms with van der Waals surface area (Å²) in [5.41, 5.74) is 4.86. The van der Waals surface area contributed by atoms with Gasteiger partial charge in [-0.05, 0) is 112 Å². The molecule has 1 unspecified atom stereocenters. The number of aryl methyl sites for hydroxylation is 3. The van der Waals surface area contributed by atoms with Gasteiger partial charge >= 0.3 is 5.97 Å². The normalized spacial score (nSPS) is 17.0. The molecule has 2 atom stereocenters. The molecule has 1 aliphatic heterocycles. The van der Waals surface area contributed by atoms with E-state index in [-0.39, 0.29) is 48.9 Å². The van der Waals surface area contributed by atoms with Crippen LogP contribution in [0.3, 0.4) is 0 Å². The average molecular weight is 625 g/mol. The Morgan fingerprint density at radius 2 is 1.82 bits per heavy atom. The first-order valence-electron chi connectivity index (χ1n) is 15.4. The van der Waals surface area contributed by atoms with Crippen LogP contribution < -0.4 is 4.74 Å². The van der Waals surface area contributed by atoms with Crippen LogP contribution in [-0.2, 0) is 32.5 Å². The Hall–Kier alpha value is -3.27. The number of sulfonamides is 1. The molecule has 0 bridgehead atoms. The number of fused-ring (bicyclic) bond motifs is 1. The highest BCUT2D eigenvalue weighted by Crippen LogP contribution is 2.36. The fraction of sp³-hybridized carbons (Fsp3) is 0.457. The minimum Gasteiger partial charge on any atom is -0.488 e. The summed E-state index contributed by atoms with van der Waals surface area (Å²) in [6.45, 7) is 9.04. The molecule has 0 saturated carbocycles. The highest BCUT2D eigenvalue weighted by Gasteiger charge is 2.34. The number of carbonyl (C=O) groups is 1. The Kier molecular flexibility index (Phi) is 11.2. The topological polar surface area (TPSA) is 76.1 Å². The highest BCUT2D eigenvalue weighted by atomic mass is 32.2. The first-order chi connectivity index (χ1) is 20.9. The Labute approximate surface area is 262 Å². The number of esters is 1. The molecule has 0 amide bonds. The van der Waals surface area contributed by atoms with Crippen molar-refractivity contribution >= 4 is 16.0 Å². The predicted octanol–water partition coefficient (Wildman–Crippen LogP) is 6.38. The van der Waals surface area contributed by atoms with Gasteiger partial charge in [-0.3, -0.25) is 4.79 Å². The van der Waals surface area contributed by atoms with Gasteiger partial charge in [-0.2, -0.15) is 4.31 Å². The molecule has 0 aromatic heterocycles. The van der Waals surface area contributed by atoms with E-state index in [9.17, 15) is 13.2 Å². The number of hydrogen-bond donors (Lipinski definition) is 0. The lowest BCUT2D eigenvalue weighted by Gasteiger charge is -2.25. The molecule has 1 aliphatic rings. The zero-order valence-corrected chi connectivity index (χ0v) is 27.5. The van der Waals surface area contributed by atoms with Crippen LogP contribution in [0.25, 0.3) is 0 Å². The SMILES string of the molecule is CCOC(=O)CC(c1ccc(C)c(CN2C[C@@H](CC)Oc3ccccc3S2(=O)=O)c1)c1cc(CCCN(C)C)c(F)cc1C. The third kappa shape index (κ3) is 7.86. The number of halogens is 1. The second kappa shape index (κ2) is 14.7. The fourth-order valence-electron chi connectivity index (χ4n) is 5.76. The van der Waals surface area contributed by atoms with E-state index in [1.165, 1.54) is 4.31 Å². The van der Waals surface area contributed by atoms with Gasteiger partial charge in [0.05, 0.1) is 19.6 Å². The number of nitrogens with zero attached hydrogens (tertiary/aromatic N) is 2. The van der Waals surface area contributed by atoms with E-state index >= 15 is 4.39 Å². The molecule has 44 heavy (non-hydrogen) atoms. The Balaban J connectivity index is 1.75. The number of carbonyl (C=O) groups excluding carboxylic acids is 1. The molecular weight excluding hydrogens is 579 g/mol. The van der Waals surface area contributed by atoms with Crippen molar-refractivity contribution in [1.82, 2.24) is 9.21 Å². The molecule has 238 valence electrons. The first kappa shape index (κ1) is 33.6. The van der Waals surface area contributed by atoms with Crippen LogP contribution in [0, 0.1) is 19.7 Å². The lowest BCUT2D eigenvalue weighted by molar-refractivity contribution is -0.143. The molecule has 3 aromatic rings. The van der Waals surface area contributed by atoms with Gasteiger partial charge in [0.15, 0.2) is 0 Å². The molecule has 0 fully saturated rings. The summed E-state index contributed by atoms with van der Waals surface area (Å²) in [6, 6.07) is 16.1. The van der Waals surface area contributed by atoms with Gasteiger partial charge in [-0.15, -0.1) is 0 Å². The van der Waals surface area contributed by atoms with Gasteiger partial charge in [0, 0.05) is 12.5 Å². The van der Waals surface area contributed by atoms with Crippen LogP contribution in [-0.4, -0.2) is 63.5 Å². The summed E-state index contributed by atoms with van der Waals surface area (Å²) in [5.74, 6) is -0.610. The number of benzene rings is 3. The van der Waals surface area contributed by atoms with Crippen molar-refractivity contribution in [3.63, 3.8) is 0 Å². The smallest absolute Gasteiger partial charge is 0.306 e. The minimum absolute atomic E-state index is 0.0844. The van der Waals surface area contributed by atoms with Gasteiger partial charge in [-0.25, -0.2) is 12.8 Å². The maximum atomic E-state index is 15.1. The maximum absolute atomic E-state index is 15.1. The number of hydrogen-bond acceptors (Lipinski definition) is 6. The number of rotatable bonds is 12. The van der Waals surface area contributed by atoms with Crippen molar-refractivity contribution < 1.29 is 27.1 Å². The van der Waals surface area contributed by atoms with Crippen molar-refractivity contribution in [1.29, 1.82) is 0 Å². The summed E-state index contributed by atoms with van der Waals surface area (Å²) < 4.78 is 55.7. The molecule has 0 N–H and O–H groups in total. The van der Waals surface area contributed by atoms with E-state index < -0.39 is 15.9 Å². The van der Waals surface area contributed by atoms with Gasteiger partial charge in [0.2, 0.25) is 10.0 Å². The Bertz CT molecular complexity index is 1570. The zero-order chi connectivity index (χ0) is 32.0. The summed E-state index contributed by atoms with van der Waals surface area (Å²) >= 11 is 0. The van der Waals surface area contributed by atoms with Crippen molar-refractivity contribution in [3.8, 4) is 5.75 Å². The van der Waals surface area contributed by atoms with Gasteiger partial charge < -0.3 is 14.4 Å². The molecule has 4 rings (SSSR count). The van der Waals surface area contributed by atoms with E-state index in [0.29, 0.717) is 24.2 Å². The van der Waals surface area contributed by atoms with E-state index in [1.807, 2.05) is 59.1 Å². The summed E-state index contributed by atoms with van der Waals surface area (Å²) in [4.78, 5) is 15.1. The third-order valence-electron chi connectivity index (χ3n) is 8.28. The number of para-hydroxylation sites is 1. The molecule has 7 nitrogen and oxygen atoms in total. The summed E-state index contributed by atoms with van der Waals surface area (Å²) in [6.07, 6.45) is 1.83. The van der Waals surface area contributed by atoms with E-state index in [2.05, 4.69) is 4.90 Å². The molecule has 0 saturated heterocycles. The highest BCUT2D eigenvalue weighted by molar-refractivity contribution is 7.89. The molecule has 0 radical (unpaired) electrons. The lowest BCUT2D eigenvalue weighted by Crippen LogP contribution is -2.36. The van der Waals surface area contributed by atoms with Crippen molar-refractivity contribution in [2.24, 2.45) is 0 Å². The molecule has 9 heteroatoms. The van der Waals surface area contributed by atoms with Crippen LogP contribution in [0.2, 0.25) is 0 Å².